The fourth-order valence-corrected chi connectivity index (χ4v) is 4.93. The average molecular weight is 431 g/mol. The van der Waals surface area contributed by atoms with Crippen molar-refractivity contribution in [2.45, 2.75) is 18.2 Å². The van der Waals surface area contributed by atoms with E-state index in [4.69, 9.17) is 4.42 Å². The van der Waals surface area contributed by atoms with Crippen LogP contribution in [-0.4, -0.2) is 60.5 Å². The molecule has 4 rings (SSSR count). The van der Waals surface area contributed by atoms with Crippen molar-refractivity contribution in [2.24, 2.45) is 0 Å². The maximum atomic E-state index is 13.5. The van der Waals surface area contributed by atoms with Gasteiger partial charge in [-0.25, -0.2) is 12.8 Å². The molecule has 0 aliphatic carbocycles. The SMILES string of the molecule is Cc1cc(S(=O)(=O)N2CCN(CCc3nnc(-c4ccccc4)o3)CC2)ccc1F. The van der Waals surface area contributed by atoms with Crippen molar-refractivity contribution in [3.05, 3.63) is 65.8 Å². The number of aromatic nitrogens is 2. The normalized spacial score (nSPS) is 16.1. The molecule has 0 radical (unpaired) electrons. The minimum atomic E-state index is -3.62. The van der Waals surface area contributed by atoms with E-state index in [2.05, 4.69) is 15.1 Å². The van der Waals surface area contributed by atoms with Crippen LogP contribution in [0.1, 0.15) is 11.5 Å². The van der Waals surface area contributed by atoms with Crippen molar-refractivity contribution < 1.29 is 17.2 Å². The molecule has 30 heavy (non-hydrogen) atoms. The molecule has 0 unspecified atom stereocenters. The Labute approximate surface area is 175 Å². The van der Waals surface area contributed by atoms with Gasteiger partial charge in [0.15, 0.2) is 0 Å². The summed E-state index contributed by atoms with van der Waals surface area (Å²) in [5, 5.41) is 8.20. The van der Waals surface area contributed by atoms with E-state index in [1.807, 2.05) is 30.3 Å². The Kier molecular flexibility index (Phi) is 5.94. The number of rotatable bonds is 6. The minimum absolute atomic E-state index is 0.133. The number of benzene rings is 2. The van der Waals surface area contributed by atoms with Gasteiger partial charge in [0.1, 0.15) is 5.82 Å². The van der Waals surface area contributed by atoms with Crippen LogP contribution in [0.5, 0.6) is 0 Å². The molecule has 1 saturated heterocycles. The fraction of sp³-hybridized carbons (Fsp3) is 0.333. The highest BCUT2D eigenvalue weighted by Gasteiger charge is 2.28. The summed E-state index contributed by atoms with van der Waals surface area (Å²) in [5.41, 5.74) is 1.20. The monoisotopic (exact) mass is 430 g/mol. The minimum Gasteiger partial charge on any atom is -0.421 e. The van der Waals surface area contributed by atoms with E-state index in [1.165, 1.54) is 22.5 Å². The zero-order valence-corrected chi connectivity index (χ0v) is 17.5. The number of halogens is 1. The van der Waals surface area contributed by atoms with Gasteiger partial charge >= 0.3 is 0 Å². The maximum Gasteiger partial charge on any atom is 0.247 e. The Morgan fingerprint density at radius 1 is 1.03 bits per heavy atom. The molecule has 3 aromatic rings. The Balaban J connectivity index is 1.32. The number of sulfonamides is 1. The predicted molar refractivity (Wildman–Crippen MR) is 110 cm³/mol. The van der Waals surface area contributed by atoms with E-state index in [9.17, 15) is 12.8 Å². The summed E-state index contributed by atoms with van der Waals surface area (Å²) >= 11 is 0. The lowest BCUT2D eigenvalue weighted by molar-refractivity contribution is 0.187. The van der Waals surface area contributed by atoms with Gasteiger partial charge in [-0.1, -0.05) is 18.2 Å². The van der Waals surface area contributed by atoms with Crippen molar-refractivity contribution in [3.63, 3.8) is 0 Å². The van der Waals surface area contributed by atoms with Gasteiger partial charge in [0.25, 0.3) is 0 Å². The first kappa shape index (κ1) is 20.6. The van der Waals surface area contributed by atoms with Crippen LogP contribution < -0.4 is 0 Å². The molecule has 2 heterocycles. The summed E-state index contributed by atoms with van der Waals surface area (Å²) in [6.45, 7) is 4.26. The lowest BCUT2D eigenvalue weighted by atomic mass is 10.2. The van der Waals surface area contributed by atoms with Gasteiger partial charge in [-0.3, -0.25) is 0 Å². The zero-order valence-electron chi connectivity index (χ0n) is 16.7. The Hall–Kier alpha value is -2.62. The van der Waals surface area contributed by atoms with Crippen molar-refractivity contribution in [1.82, 2.24) is 19.4 Å². The van der Waals surface area contributed by atoms with Crippen molar-refractivity contribution in [2.75, 3.05) is 32.7 Å². The van der Waals surface area contributed by atoms with Gasteiger partial charge in [-0.05, 0) is 42.8 Å². The molecule has 1 aliphatic heterocycles. The number of nitrogens with zero attached hydrogens (tertiary/aromatic N) is 4. The second kappa shape index (κ2) is 8.63. The van der Waals surface area contributed by atoms with Gasteiger partial charge in [0.05, 0.1) is 4.90 Å². The highest BCUT2D eigenvalue weighted by atomic mass is 32.2. The number of hydrogen-bond acceptors (Lipinski definition) is 6. The Morgan fingerprint density at radius 3 is 2.47 bits per heavy atom. The lowest BCUT2D eigenvalue weighted by Crippen LogP contribution is -2.49. The Bertz CT molecular complexity index is 1110. The summed E-state index contributed by atoms with van der Waals surface area (Å²) in [4.78, 5) is 2.31. The van der Waals surface area contributed by atoms with E-state index in [0.717, 1.165) is 5.56 Å². The van der Waals surface area contributed by atoms with Crippen LogP contribution in [0.4, 0.5) is 4.39 Å². The molecule has 7 nitrogen and oxygen atoms in total. The predicted octanol–water partition coefficient (Wildman–Crippen LogP) is 2.73. The molecule has 1 fully saturated rings. The largest absolute Gasteiger partial charge is 0.421 e. The zero-order chi connectivity index (χ0) is 21.1. The first-order valence-corrected chi connectivity index (χ1v) is 11.2. The second-order valence-corrected chi connectivity index (χ2v) is 9.21. The van der Waals surface area contributed by atoms with Crippen molar-refractivity contribution in [3.8, 4) is 11.5 Å². The third-order valence-electron chi connectivity index (χ3n) is 5.23. The molecule has 0 amide bonds. The van der Waals surface area contributed by atoms with E-state index < -0.39 is 15.8 Å². The fourth-order valence-electron chi connectivity index (χ4n) is 3.43. The smallest absolute Gasteiger partial charge is 0.247 e. The highest BCUT2D eigenvalue weighted by molar-refractivity contribution is 7.89. The molecule has 158 valence electrons. The molecule has 0 spiro atoms. The average Bonchev–Trinajstić information content (AvgIpc) is 3.24. The molecule has 1 aliphatic rings. The number of aryl methyl sites for hydroxylation is 1. The van der Waals surface area contributed by atoms with Crippen LogP contribution in [-0.2, 0) is 16.4 Å². The van der Waals surface area contributed by atoms with E-state index in [-0.39, 0.29) is 4.90 Å². The quantitative estimate of drug-likeness (QED) is 0.598. The topological polar surface area (TPSA) is 79.5 Å². The van der Waals surface area contributed by atoms with Crippen molar-refractivity contribution in [1.29, 1.82) is 0 Å². The number of piperazine rings is 1. The van der Waals surface area contributed by atoms with Gasteiger partial charge < -0.3 is 9.32 Å². The molecule has 9 heteroatoms. The van der Waals surface area contributed by atoms with Gasteiger partial charge in [0, 0.05) is 44.7 Å². The van der Waals surface area contributed by atoms with Crippen LogP contribution >= 0.6 is 0 Å². The molecule has 0 atom stereocenters. The first-order chi connectivity index (χ1) is 14.4. The highest BCUT2D eigenvalue weighted by Crippen LogP contribution is 2.21. The molecule has 0 saturated carbocycles. The van der Waals surface area contributed by atoms with E-state index >= 15 is 0 Å². The molecule has 0 bridgehead atoms. The standard InChI is InChI=1S/C21H23FN4O3S/c1-16-15-18(7-8-19(16)22)30(27,28)26-13-11-25(12-14-26)10-9-20-23-24-21(29-20)17-5-3-2-4-6-17/h2-8,15H,9-14H2,1H3. The van der Waals surface area contributed by atoms with E-state index in [0.29, 0.717) is 56.5 Å². The van der Waals surface area contributed by atoms with Crippen LogP contribution in [0.15, 0.2) is 57.8 Å². The van der Waals surface area contributed by atoms with Crippen molar-refractivity contribution >= 4 is 10.0 Å². The second-order valence-electron chi connectivity index (χ2n) is 7.27. The lowest BCUT2D eigenvalue weighted by Gasteiger charge is -2.33. The molecular formula is C21H23FN4O3S. The van der Waals surface area contributed by atoms with E-state index in [1.54, 1.807) is 6.92 Å². The molecular weight excluding hydrogens is 407 g/mol. The summed E-state index contributed by atoms with van der Waals surface area (Å²) < 4.78 is 46.3. The Morgan fingerprint density at radius 2 is 1.77 bits per heavy atom. The molecule has 0 N–H and O–H groups in total. The number of hydrogen-bond donors (Lipinski definition) is 0. The van der Waals surface area contributed by atoms with Crippen LogP contribution in [0.3, 0.4) is 0 Å². The van der Waals surface area contributed by atoms with Gasteiger partial charge in [-0.2, -0.15) is 4.31 Å². The summed E-state index contributed by atoms with van der Waals surface area (Å²) in [6, 6.07) is 13.5. The summed E-state index contributed by atoms with van der Waals surface area (Å²) in [5.74, 6) is 0.650. The van der Waals surface area contributed by atoms with Crippen LogP contribution in [0.25, 0.3) is 11.5 Å². The third-order valence-corrected chi connectivity index (χ3v) is 7.12. The summed E-state index contributed by atoms with van der Waals surface area (Å²) in [6.07, 6.45) is 0.601. The molecule has 1 aromatic heterocycles. The molecule has 2 aromatic carbocycles. The van der Waals surface area contributed by atoms with Gasteiger partial charge in [0.2, 0.25) is 21.8 Å². The maximum absolute atomic E-state index is 13.5. The van der Waals surface area contributed by atoms with Gasteiger partial charge in [-0.15, -0.1) is 10.2 Å². The first-order valence-electron chi connectivity index (χ1n) is 9.80. The third kappa shape index (κ3) is 4.43. The van der Waals surface area contributed by atoms with Crippen LogP contribution in [0.2, 0.25) is 0 Å². The van der Waals surface area contributed by atoms with Crippen LogP contribution in [0, 0.1) is 12.7 Å². The summed E-state index contributed by atoms with van der Waals surface area (Å²) in [7, 11) is -3.62.